The van der Waals surface area contributed by atoms with Crippen LogP contribution in [0.25, 0.3) is 0 Å². The molecular formula is C19H17NO7S. The molecule has 8 nitrogen and oxygen atoms in total. The van der Waals surface area contributed by atoms with Crippen molar-refractivity contribution in [2.24, 2.45) is 0 Å². The van der Waals surface area contributed by atoms with E-state index in [2.05, 4.69) is 16.6 Å². The molecule has 1 N–H and O–H groups in total. The van der Waals surface area contributed by atoms with Crippen LogP contribution in [0.15, 0.2) is 41.3 Å². The lowest BCUT2D eigenvalue weighted by molar-refractivity contribution is 0.171. The van der Waals surface area contributed by atoms with Gasteiger partial charge in [0.25, 0.3) is 0 Å². The van der Waals surface area contributed by atoms with Crippen molar-refractivity contribution in [2.45, 2.75) is 4.90 Å². The molecule has 146 valence electrons. The van der Waals surface area contributed by atoms with Gasteiger partial charge in [-0.15, -0.1) is 0 Å². The van der Waals surface area contributed by atoms with Crippen LogP contribution >= 0.6 is 0 Å². The molecule has 0 amide bonds. The molecule has 0 radical (unpaired) electrons. The summed E-state index contributed by atoms with van der Waals surface area (Å²) in [6, 6.07) is 9.70. The molecule has 2 aromatic rings. The molecule has 0 unspecified atom stereocenters. The summed E-state index contributed by atoms with van der Waals surface area (Å²) in [5.74, 6) is 8.31. The molecular weight excluding hydrogens is 386 g/mol. The fraction of sp³-hybridized carbons (Fsp3) is 0.263. The Morgan fingerprint density at radius 1 is 0.893 bits per heavy atom. The van der Waals surface area contributed by atoms with E-state index < -0.39 is 10.0 Å². The highest BCUT2D eigenvalue weighted by molar-refractivity contribution is 7.89. The summed E-state index contributed by atoms with van der Waals surface area (Å²) in [7, 11) is -3.70. The second-order valence-electron chi connectivity index (χ2n) is 5.79. The van der Waals surface area contributed by atoms with Crippen molar-refractivity contribution in [1.29, 1.82) is 0 Å². The topological polar surface area (TPSA) is 92.3 Å². The van der Waals surface area contributed by atoms with Gasteiger partial charge >= 0.3 is 0 Å². The first kappa shape index (κ1) is 18.3. The van der Waals surface area contributed by atoms with Crippen LogP contribution in [0.2, 0.25) is 0 Å². The van der Waals surface area contributed by atoms with Crippen molar-refractivity contribution in [2.75, 3.05) is 33.2 Å². The van der Waals surface area contributed by atoms with E-state index in [4.69, 9.17) is 23.7 Å². The fourth-order valence-corrected chi connectivity index (χ4v) is 3.54. The van der Waals surface area contributed by atoms with Gasteiger partial charge < -0.3 is 23.7 Å². The van der Waals surface area contributed by atoms with Crippen LogP contribution in [0.5, 0.6) is 28.7 Å². The van der Waals surface area contributed by atoms with Gasteiger partial charge in [0.15, 0.2) is 23.0 Å². The van der Waals surface area contributed by atoms with Crippen molar-refractivity contribution in [3.63, 3.8) is 0 Å². The van der Waals surface area contributed by atoms with Gasteiger partial charge in [0.1, 0.15) is 25.6 Å². The Hall–Kier alpha value is -3.09. The van der Waals surface area contributed by atoms with E-state index in [1.54, 1.807) is 24.3 Å². The Morgan fingerprint density at radius 2 is 1.61 bits per heavy atom. The van der Waals surface area contributed by atoms with E-state index in [1.165, 1.54) is 12.1 Å². The monoisotopic (exact) mass is 403 g/mol. The second kappa shape index (κ2) is 7.88. The smallest absolute Gasteiger partial charge is 0.241 e. The van der Waals surface area contributed by atoms with E-state index in [0.29, 0.717) is 42.0 Å². The maximum absolute atomic E-state index is 12.3. The summed E-state index contributed by atoms with van der Waals surface area (Å²) in [6.45, 7) is 1.11. The van der Waals surface area contributed by atoms with E-state index in [0.717, 1.165) is 0 Å². The van der Waals surface area contributed by atoms with Crippen LogP contribution in [0, 0.1) is 11.8 Å². The van der Waals surface area contributed by atoms with Gasteiger partial charge in [-0.3, -0.25) is 0 Å². The molecule has 2 aliphatic heterocycles. The minimum Gasteiger partial charge on any atom is -0.486 e. The molecule has 0 saturated carbocycles. The number of ether oxygens (including phenoxy) is 5. The minimum absolute atomic E-state index is 0.0404. The highest BCUT2D eigenvalue weighted by atomic mass is 32.2. The maximum atomic E-state index is 12.3. The summed E-state index contributed by atoms with van der Waals surface area (Å²) in [5, 5.41) is 0. The number of hydrogen-bond acceptors (Lipinski definition) is 7. The van der Waals surface area contributed by atoms with Gasteiger partial charge in [-0.05, 0) is 24.3 Å². The molecule has 2 aromatic carbocycles. The first-order valence-corrected chi connectivity index (χ1v) is 9.98. The lowest BCUT2D eigenvalue weighted by Gasteiger charge is -2.18. The lowest BCUT2D eigenvalue weighted by Crippen LogP contribution is -2.24. The molecule has 2 heterocycles. The summed E-state index contributed by atoms with van der Waals surface area (Å²) in [6.07, 6.45) is 0. The van der Waals surface area contributed by atoms with Gasteiger partial charge in [-0.2, -0.15) is 4.72 Å². The Morgan fingerprint density at radius 3 is 2.50 bits per heavy atom. The third-order valence-corrected chi connectivity index (χ3v) is 5.35. The molecule has 0 fully saturated rings. The summed E-state index contributed by atoms with van der Waals surface area (Å²) in [5.41, 5.74) is 0. The normalized spacial score (nSPS) is 14.1. The zero-order valence-electron chi connectivity index (χ0n) is 14.8. The molecule has 28 heavy (non-hydrogen) atoms. The SMILES string of the molecule is O=S(=O)(NCC#CCOc1ccc2c(c1)OCO2)c1ccc2c(c1)OCCO2. The zero-order chi connectivity index (χ0) is 19.4. The molecule has 0 spiro atoms. The van der Waals surface area contributed by atoms with E-state index >= 15 is 0 Å². The van der Waals surface area contributed by atoms with E-state index in [9.17, 15) is 8.42 Å². The highest BCUT2D eigenvalue weighted by Crippen LogP contribution is 2.35. The molecule has 0 bridgehead atoms. The second-order valence-corrected chi connectivity index (χ2v) is 7.55. The summed E-state index contributed by atoms with van der Waals surface area (Å²) >= 11 is 0. The summed E-state index contributed by atoms with van der Waals surface area (Å²) in [4.78, 5) is 0.0927. The number of rotatable bonds is 5. The van der Waals surface area contributed by atoms with Gasteiger partial charge in [-0.25, -0.2) is 8.42 Å². The number of benzene rings is 2. The van der Waals surface area contributed by atoms with Crippen molar-refractivity contribution in [3.05, 3.63) is 36.4 Å². The largest absolute Gasteiger partial charge is 0.486 e. The first-order chi connectivity index (χ1) is 13.6. The first-order valence-electron chi connectivity index (χ1n) is 8.49. The maximum Gasteiger partial charge on any atom is 0.241 e. The van der Waals surface area contributed by atoms with Crippen LogP contribution < -0.4 is 28.4 Å². The predicted octanol–water partition coefficient (Wildman–Crippen LogP) is 1.55. The van der Waals surface area contributed by atoms with Crippen molar-refractivity contribution >= 4 is 10.0 Å². The van der Waals surface area contributed by atoms with Crippen LogP contribution in [-0.2, 0) is 10.0 Å². The highest BCUT2D eigenvalue weighted by Gasteiger charge is 2.18. The van der Waals surface area contributed by atoms with Gasteiger partial charge in [0, 0.05) is 12.1 Å². The fourth-order valence-electron chi connectivity index (χ4n) is 2.60. The van der Waals surface area contributed by atoms with Crippen molar-refractivity contribution in [3.8, 4) is 40.6 Å². The van der Waals surface area contributed by atoms with Crippen LogP contribution in [0.4, 0.5) is 0 Å². The molecule has 4 rings (SSSR count). The number of sulfonamides is 1. The van der Waals surface area contributed by atoms with Crippen molar-refractivity contribution < 1.29 is 32.1 Å². The average molecular weight is 403 g/mol. The number of fused-ring (bicyclic) bond motifs is 2. The van der Waals surface area contributed by atoms with Crippen LogP contribution in [0.3, 0.4) is 0 Å². The Kier molecular flexibility index (Phi) is 5.14. The number of hydrogen-bond donors (Lipinski definition) is 1. The van der Waals surface area contributed by atoms with E-state index in [1.807, 2.05) is 0 Å². The lowest BCUT2D eigenvalue weighted by atomic mass is 10.3. The van der Waals surface area contributed by atoms with Crippen LogP contribution in [-0.4, -0.2) is 41.6 Å². The molecule has 0 saturated heterocycles. The third-order valence-electron chi connectivity index (χ3n) is 3.95. The Labute approximate surface area is 162 Å². The van der Waals surface area contributed by atoms with E-state index in [-0.39, 0.29) is 24.8 Å². The number of nitrogens with one attached hydrogen (secondary N) is 1. The van der Waals surface area contributed by atoms with Gasteiger partial charge in [-0.1, -0.05) is 11.8 Å². The average Bonchev–Trinajstić information content (AvgIpc) is 3.18. The quantitative estimate of drug-likeness (QED) is 0.757. The molecule has 0 atom stereocenters. The standard InChI is InChI=1S/C19H17NO7S/c21-28(22,15-4-6-16-19(12-15)25-10-9-24-16)20-7-1-2-8-23-14-3-5-17-18(11-14)27-13-26-17/h3-6,11-12,20H,7-10,13H2. The van der Waals surface area contributed by atoms with Gasteiger partial charge in [0.05, 0.1) is 11.4 Å². The molecule has 0 aliphatic carbocycles. The summed E-state index contributed by atoms with van der Waals surface area (Å²) < 4.78 is 53.9. The predicted molar refractivity (Wildman–Crippen MR) is 98.5 cm³/mol. The third kappa shape index (κ3) is 4.08. The molecule has 0 aromatic heterocycles. The van der Waals surface area contributed by atoms with Gasteiger partial charge in [0.2, 0.25) is 16.8 Å². The minimum atomic E-state index is -3.70. The van der Waals surface area contributed by atoms with Crippen molar-refractivity contribution in [1.82, 2.24) is 4.72 Å². The van der Waals surface area contributed by atoms with Crippen LogP contribution in [0.1, 0.15) is 0 Å². The Balaban J connectivity index is 1.29. The molecule has 9 heteroatoms. The molecule has 2 aliphatic rings. The Bertz CT molecular complexity index is 1040. The zero-order valence-corrected chi connectivity index (χ0v) is 15.6.